The third kappa shape index (κ3) is 2.65. The molecule has 5 rings (SSSR count). The average Bonchev–Trinajstić information content (AvgIpc) is 3.38. The maximum atomic E-state index is 10.2. The van der Waals surface area contributed by atoms with E-state index < -0.39 is 5.60 Å². The Morgan fingerprint density at radius 3 is 2.52 bits per heavy atom. The molecule has 1 aliphatic rings. The number of aromatic nitrogens is 4. The molecule has 27 heavy (non-hydrogen) atoms. The molecule has 4 aromatic rings. The molecule has 1 fully saturated rings. The number of rotatable bonds is 3. The van der Waals surface area contributed by atoms with Crippen molar-refractivity contribution >= 4 is 16.7 Å². The fourth-order valence-corrected chi connectivity index (χ4v) is 4.29. The number of hydrogen-bond acceptors (Lipinski definition) is 3. The summed E-state index contributed by atoms with van der Waals surface area (Å²) in [5.74, 6) is 1.65. The standard InChI is InChI=1S/C22H24N4O/c1-22(2,27)16-9-7-14(8-10-16)19-18-13-24-20-17(11-12-23-20)26(18)21(25-19)15-5-3-4-6-15/h7-13,15,23,27H,3-6H2,1-2H3. The lowest BCUT2D eigenvalue weighted by molar-refractivity contribution is 0.0786. The zero-order valence-electron chi connectivity index (χ0n) is 15.7. The summed E-state index contributed by atoms with van der Waals surface area (Å²) in [6.45, 7) is 3.61. The summed E-state index contributed by atoms with van der Waals surface area (Å²) in [5, 5.41) is 10.2. The first-order chi connectivity index (χ1) is 13.0. The van der Waals surface area contributed by atoms with Gasteiger partial charge in [-0.1, -0.05) is 37.1 Å². The van der Waals surface area contributed by atoms with Crippen LogP contribution < -0.4 is 0 Å². The van der Waals surface area contributed by atoms with Crippen molar-refractivity contribution in [2.24, 2.45) is 0 Å². The Labute approximate surface area is 158 Å². The van der Waals surface area contributed by atoms with Crippen molar-refractivity contribution in [2.75, 3.05) is 0 Å². The van der Waals surface area contributed by atoms with Crippen LogP contribution in [0.2, 0.25) is 0 Å². The molecular weight excluding hydrogens is 336 g/mol. The molecule has 1 saturated carbocycles. The van der Waals surface area contributed by atoms with E-state index in [1.807, 2.05) is 24.5 Å². The van der Waals surface area contributed by atoms with Crippen molar-refractivity contribution in [3.05, 3.63) is 54.1 Å². The number of aromatic amines is 1. The van der Waals surface area contributed by atoms with Gasteiger partial charge in [-0.3, -0.25) is 4.40 Å². The molecule has 0 aliphatic heterocycles. The average molecular weight is 360 g/mol. The Bertz CT molecular complexity index is 1110. The summed E-state index contributed by atoms with van der Waals surface area (Å²) < 4.78 is 2.29. The molecule has 0 bridgehead atoms. The van der Waals surface area contributed by atoms with Crippen LogP contribution in [0.25, 0.3) is 27.9 Å². The fraction of sp³-hybridized carbons (Fsp3) is 0.364. The third-order valence-corrected chi connectivity index (χ3v) is 5.78. The number of hydrogen-bond donors (Lipinski definition) is 2. The van der Waals surface area contributed by atoms with E-state index >= 15 is 0 Å². The van der Waals surface area contributed by atoms with Crippen molar-refractivity contribution in [2.45, 2.75) is 51.0 Å². The molecule has 3 heterocycles. The molecule has 5 heteroatoms. The second-order valence-corrected chi connectivity index (χ2v) is 8.13. The lowest BCUT2D eigenvalue weighted by Crippen LogP contribution is -2.14. The molecule has 5 nitrogen and oxygen atoms in total. The topological polar surface area (TPSA) is 66.2 Å². The summed E-state index contributed by atoms with van der Waals surface area (Å²) in [7, 11) is 0. The lowest BCUT2D eigenvalue weighted by Gasteiger charge is -2.17. The van der Waals surface area contributed by atoms with Gasteiger partial charge in [0.15, 0.2) is 5.65 Å². The van der Waals surface area contributed by atoms with E-state index in [4.69, 9.17) is 4.98 Å². The molecule has 0 unspecified atom stereocenters. The second kappa shape index (κ2) is 5.92. The molecule has 1 aliphatic carbocycles. The van der Waals surface area contributed by atoms with Gasteiger partial charge in [0.25, 0.3) is 0 Å². The zero-order chi connectivity index (χ0) is 18.6. The molecule has 138 valence electrons. The van der Waals surface area contributed by atoms with Crippen LogP contribution in [0.5, 0.6) is 0 Å². The highest BCUT2D eigenvalue weighted by Crippen LogP contribution is 2.38. The van der Waals surface area contributed by atoms with Gasteiger partial charge in [-0.05, 0) is 38.3 Å². The molecule has 0 atom stereocenters. The largest absolute Gasteiger partial charge is 0.386 e. The molecular formula is C22H24N4O. The minimum atomic E-state index is -0.845. The van der Waals surface area contributed by atoms with Crippen LogP contribution in [-0.4, -0.2) is 24.5 Å². The predicted molar refractivity (Wildman–Crippen MR) is 107 cm³/mol. The molecule has 0 radical (unpaired) electrons. The number of benzene rings is 1. The smallest absolute Gasteiger partial charge is 0.154 e. The van der Waals surface area contributed by atoms with Crippen molar-refractivity contribution in [1.82, 2.24) is 19.4 Å². The van der Waals surface area contributed by atoms with Gasteiger partial charge in [0.1, 0.15) is 5.82 Å². The lowest BCUT2D eigenvalue weighted by atomic mass is 9.97. The zero-order valence-corrected chi connectivity index (χ0v) is 15.7. The van der Waals surface area contributed by atoms with Crippen LogP contribution >= 0.6 is 0 Å². The SMILES string of the molecule is CC(C)(O)c1ccc(-c2nc(C3CCCC3)n3c2cnc2[nH]ccc23)cc1. The van der Waals surface area contributed by atoms with E-state index in [0.717, 1.165) is 39.3 Å². The fourth-order valence-electron chi connectivity index (χ4n) is 4.29. The van der Waals surface area contributed by atoms with Gasteiger partial charge in [0, 0.05) is 17.7 Å². The Hall–Kier alpha value is -2.66. The van der Waals surface area contributed by atoms with E-state index in [1.54, 1.807) is 13.8 Å². The minimum absolute atomic E-state index is 0.502. The summed E-state index contributed by atoms with van der Waals surface area (Å²) >= 11 is 0. The molecule has 2 N–H and O–H groups in total. The highest BCUT2D eigenvalue weighted by molar-refractivity contribution is 5.84. The number of aliphatic hydroxyl groups is 1. The molecule has 0 spiro atoms. The van der Waals surface area contributed by atoms with Crippen molar-refractivity contribution in [3.8, 4) is 11.3 Å². The number of fused-ring (bicyclic) bond motifs is 3. The van der Waals surface area contributed by atoms with E-state index in [2.05, 4.69) is 32.6 Å². The van der Waals surface area contributed by atoms with Gasteiger partial charge in [-0.25, -0.2) is 9.97 Å². The first-order valence-electron chi connectivity index (χ1n) is 9.70. The van der Waals surface area contributed by atoms with Crippen LogP contribution in [0.3, 0.4) is 0 Å². The van der Waals surface area contributed by atoms with Crippen LogP contribution in [0.15, 0.2) is 42.7 Å². The van der Waals surface area contributed by atoms with E-state index in [-0.39, 0.29) is 0 Å². The summed E-state index contributed by atoms with van der Waals surface area (Å²) in [4.78, 5) is 12.9. The second-order valence-electron chi connectivity index (χ2n) is 8.13. The van der Waals surface area contributed by atoms with Crippen molar-refractivity contribution < 1.29 is 5.11 Å². The number of H-pyrrole nitrogens is 1. The van der Waals surface area contributed by atoms with Gasteiger partial charge in [-0.2, -0.15) is 0 Å². The predicted octanol–water partition coefficient (Wildman–Crippen LogP) is 4.76. The van der Waals surface area contributed by atoms with Crippen LogP contribution in [0.1, 0.15) is 56.8 Å². The summed E-state index contributed by atoms with van der Waals surface area (Å²) in [5.41, 5.74) is 5.10. The maximum Gasteiger partial charge on any atom is 0.154 e. The number of nitrogens with one attached hydrogen (secondary N) is 1. The third-order valence-electron chi connectivity index (χ3n) is 5.78. The molecule has 1 aromatic carbocycles. The molecule has 3 aromatic heterocycles. The maximum absolute atomic E-state index is 10.2. The molecule has 0 amide bonds. The van der Waals surface area contributed by atoms with E-state index in [1.165, 1.54) is 25.7 Å². The Balaban J connectivity index is 1.73. The number of imidazole rings is 1. The highest BCUT2D eigenvalue weighted by Gasteiger charge is 2.25. The van der Waals surface area contributed by atoms with E-state index in [0.29, 0.717) is 5.92 Å². The molecule has 0 saturated heterocycles. The van der Waals surface area contributed by atoms with Crippen molar-refractivity contribution in [3.63, 3.8) is 0 Å². The van der Waals surface area contributed by atoms with Gasteiger partial charge in [0.2, 0.25) is 0 Å². The Morgan fingerprint density at radius 1 is 1.07 bits per heavy atom. The van der Waals surface area contributed by atoms with Crippen molar-refractivity contribution in [1.29, 1.82) is 0 Å². The van der Waals surface area contributed by atoms with Gasteiger partial charge >= 0.3 is 0 Å². The highest BCUT2D eigenvalue weighted by atomic mass is 16.3. The summed E-state index contributed by atoms with van der Waals surface area (Å²) in [6, 6.07) is 10.2. The van der Waals surface area contributed by atoms with Crippen LogP contribution in [0, 0.1) is 0 Å². The van der Waals surface area contributed by atoms with E-state index in [9.17, 15) is 5.11 Å². The summed E-state index contributed by atoms with van der Waals surface area (Å²) in [6.07, 6.45) is 8.80. The first-order valence-corrected chi connectivity index (χ1v) is 9.70. The monoisotopic (exact) mass is 360 g/mol. The van der Waals surface area contributed by atoms with Crippen LogP contribution in [0.4, 0.5) is 0 Å². The Morgan fingerprint density at radius 2 is 1.81 bits per heavy atom. The normalized spacial score (nSPS) is 16.0. The Kier molecular flexibility index (Phi) is 3.62. The van der Waals surface area contributed by atoms with Gasteiger partial charge in [-0.15, -0.1) is 0 Å². The van der Waals surface area contributed by atoms with Crippen LogP contribution in [-0.2, 0) is 5.60 Å². The first kappa shape index (κ1) is 16.5. The minimum Gasteiger partial charge on any atom is -0.386 e. The van der Waals surface area contributed by atoms with Gasteiger partial charge < -0.3 is 10.1 Å². The van der Waals surface area contributed by atoms with Gasteiger partial charge in [0.05, 0.1) is 28.5 Å². The quantitative estimate of drug-likeness (QED) is 0.553. The number of nitrogens with zero attached hydrogens (tertiary/aromatic N) is 3.